The number of anilines is 3. The van der Waals surface area contributed by atoms with E-state index >= 15 is 0 Å². The first-order valence-corrected chi connectivity index (χ1v) is 14.5. The molecule has 2 saturated heterocycles. The molecule has 0 saturated carbocycles. The first-order valence-electron chi connectivity index (χ1n) is 14.5. The van der Waals surface area contributed by atoms with Gasteiger partial charge in [-0.2, -0.15) is 0 Å². The monoisotopic (exact) mass is 624 g/mol. The van der Waals surface area contributed by atoms with Gasteiger partial charge in [-0.25, -0.2) is 4.98 Å². The van der Waals surface area contributed by atoms with Crippen LogP contribution in [-0.4, -0.2) is 120 Å². The summed E-state index contributed by atoms with van der Waals surface area (Å²) in [5.41, 5.74) is 9.47. The predicted octanol–water partition coefficient (Wildman–Crippen LogP) is -0.939. The van der Waals surface area contributed by atoms with Crippen molar-refractivity contribution in [2.45, 2.75) is 61.3 Å². The third-order valence-electron chi connectivity index (χ3n) is 8.38. The van der Waals surface area contributed by atoms with E-state index in [1.54, 1.807) is 30.3 Å². The molecule has 3 aromatic carbocycles. The number of nitrogens with zero attached hydrogens (tertiary/aromatic N) is 1. The van der Waals surface area contributed by atoms with Crippen molar-refractivity contribution >= 4 is 38.7 Å². The van der Waals surface area contributed by atoms with Gasteiger partial charge in [-0.3, -0.25) is 0 Å². The van der Waals surface area contributed by atoms with Crippen LogP contribution in [0.1, 0.15) is 0 Å². The van der Waals surface area contributed by atoms with E-state index in [-0.39, 0.29) is 0 Å². The Balaban J connectivity index is 1.38. The van der Waals surface area contributed by atoms with Gasteiger partial charge in [0.1, 0.15) is 48.8 Å². The topological polar surface area (TPSA) is 243 Å². The molecule has 2 aliphatic heterocycles. The van der Waals surface area contributed by atoms with Crippen molar-refractivity contribution < 1.29 is 50.3 Å². The fraction of sp³-hybridized carbons (Fsp3) is 0.387. The van der Waals surface area contributed by atoms with Crippen LogP contribution in [0, 0.1) is 0 Å². The molecule has 0 bridgehead atoms. The number of hydrogen-bond donors (Lipinski definition) is 11. The van der Waals surface area contributed by atoms with Crippen LogP contribution in [0.5, 0.6) is 0 Å². The van der Waals surface area contributed by atoms with E-state index in [0.29, 0.717) is 28.3 Å². The fourth-order valence-corrected chi connectivity index (χ4v) is 5.82. The number of rotatable bonds is 7. The second kappa shape index (κ2) is 12.6. The van der Waals surface area contributed by atoms with Gasteiger partial charge in [0.25, 0.3) is 0 Å². The maximum absolute atomic E-state index is 10.5. The van der Waals surface area contributed by atoms with Gasteiger partial charge in [0.2, 0.25) is 0 Å². The number of nitrogens with two attached hydrogens (primary N) is 1. The van der Waals surface area contributed by atoms with Gasteiger partial charge in [-0.15, -0.1) is 0 Å². The third-order valence-corrected chi connectivity index (χ3v) is 8.38. The molecule has 0 aliphatic carbocycles. The molecule has 0 radical (unpaired) electrons. The molecule has 12 N–H and O–H groups in total. The summed E-state index contributed by atoms with van der Waals surface area (Å²) in [6.07, 6.45) is -13.3. The molecule has 0 amide bonds. The van der Waals surface area contributed by atoms with Crippen LogP contribution in [-0.2, 0) is 9.47 Å². The first kappa shape index (κ1) is 31.3. The number of nitrogens with one attached hydrogen (secondary N) is 2. The van der Waals surface area contributed by atoms with Gasteiger partial charge in [0, 0.05) is 33.4 Å². The van der Waals surface area contributed by atoms with Gasteiger partial charge < -0.3 is 66.7 Å². The summed E-state index contributed by atoms with van der Waals surface area (Å²) < 4.78 is 11.2. The summed E-state index contributed by atoms with van der Waals surface area (Å²) in [6.45, 7) is -1.10. The maximum atomic E-state index is 10.5. The Labute approximate surface area is 256 Å². The SMILES string of the molecule is Nc1ccc(-c2nc3cc(NC4O[C@H](CO)[C@@H](O)[C@H](O)[C@H]4O)ccc3c3ccc(NC4O[C@H](CO)[C@@H](O)[C@H](O)[C@H]4O)cc23)cc1. The number of hydrogen-bond acceptors (Lipinski definition) is 14. The summed E-state index contributed by atoms with van der Waals surface area (Å²) in [7, 11) is 0. The molecule has 2 aliphatic rings. The molecule has 1 aromatic heterocycles. The molecule has 2 unspecified atom stereocenters. The van der Waals surface area contributed by atoms with Gasteiger partial charge in [0.05, 0.1) is 24.4 Å². The van der Waals surface area contributed by atoms with E-state index < -0.39 is 74.5 Å². The van der Waals surface area contributed by atoms with Crippen molar-refractivity contribution in [2.75, 3.05) is 29.6 Å². The van der Waals surface area contributed by atoms with Crippen LogP contribution >= 0.6 is 0 Å². The predicted molar refractivity (Wildman–Crippen MR) is 164 cm³/mol. The summed E-state index contributed by atoms with van der Waals surface area (Å²) in [5.74, 6) is 0. The van der Waals surface area contributed by atoms with Crippen LogP contribution in [0.2, 0.25) is 0 Å². The number of aliphatic hydroxyl groups is 8. The highest BCUT2D eigenvalue weighted by atomic mass is 16.6. The van der Waals surface area contributed by atoms with E-state index in [2.05, 4.69) is 10.6 Å². The normalized spacial score (nSPS) is 32.1. The molecule has 14 heteroatoms. The van der Waals surface area contributed by atoms with E-state index in [1.807, 2.05) is 30.3 Å². The number of pyridine rings is 1. The second-order valence-electron chi connectivity index (χ2n) is 11.4. The molecule has 2 fully saturated rings. The van der Waals surface area contributed by atoms with Gasteiger partial charge in [-0.1, -0.05) is 24.3 Å². The zero-order valence-corrected chi connectivity index (χ0v) is 23.9. The van der Waals surface area contributed by atoms with Crippen molar-refractivity contribution in [3.63, 3.8) is 0 Å². The highest BCUT2D eigenvalue weighted by Gasteiger charge is 2.44. The molecule has 0 spiro atoms. The zero-order chi connectivity index (χ0) is 32.0. The first-order chi connectivity index (χ1) is 21.6. The summed E-state index contributed by atoms with van der Waals surface area (Å²) in [4.78, 5) is 4.96. The standard InChI is InChI=1S/C31H36N4O10/c32-14-3-1-13(2-4-14)23-19-9-15(33-30-28(42)26(40)24(38)21(11-36)44-30)5-7-17(19)18-8-6-16(10-20(18)35-23)34-31-29(43)27(41)25(39)22(12-37)45-31/h1-10,21-22,24-31,33-34,36-43H,11-12,32H2/t21-,22-,24-,25-,26+,27+,28-,29-,30?,31?/m1/s1. The molecule has 14 nitrogen and oxygen atoms in total. The lowest BCUT2D eigenvalue weighted by atomic mass is 9.97. The van der Waals surface area contributed by atoms with E-state index in [1.165, 1.54) is 0 Å². The number of nitrogen functional groups attached to an aromatic ring is 1. The molecule has 45 heavy (non-hydrogen) atoms. The molecule has 4 aromatic rings. The lowest BCUT2D eigenvalue weighted by molar-refractivity contribution is -0.221. The Morgan fingerprint density at radius 3 is 1.64 bits per heavy atom. The Kier molecular flexibility index (Phi) is 8.78. The summed E-state index contributed by atoms with van der Waals surface area (Å²) in [5, 5.41) is 89.2. The Hall–Kier alpha value is -3.67. The molecule has 10 atom stereocenters. The maximum Gasteiger partial charge on any atom is 0.157 e. The number of ether oxygens (including phenoxy) is 2. The number of fused-ring (bicyclic) bond motifs is 3. The lowest BCUT2D eigenvalue weighted by Gasteiger charge is -2.40. The average Bonchev–Trinajstić information content (AvgIpc) is 3.05. The number of aliphatic hydroxyl groups excluding tert-OH is 8. The van der Waals surface area contributed by atoms with Gasteiger partial charge in [0.15, 0.2) is 12.5 Å². The van der Waals surface area contributed by atoms with E-state index in [4.69, 9.17) is 20.2 Å². The molecule has 3 heterocycles. The minimum Gasteiger partial charge on any atom is -0.399 e. The van der Waals surface area contributed by atoms with Crippen molar-refractivity contribution in [1.82, 2.24) is 4.98 Å². The quantitative estimate of drug-likeness (QED) is 0.0879. The van der Waals surface area contributed by atoms with Gasteiger partial charge >= 0.3 is 0 Å². The number of benzene rings is 3. The number of aromatic nitrogens is 1. The molecular formula is C31H36N4O10. The molecule has 6 rings (SSSR count). The molecule has 240 valence electrons. The minimum atomic E-state index is -1.53. The Morgan fingerprint density at radius 2 is 1.11 bits per heavy atom. The highest BCUT2D eigenvalue weighted by Crippen LogP contribution is 2.36. The van der Waals surface area contributed by atoms with Crippen LogP contribution < -0.4 is 16.4 Å². The Bertz CT molecular complexity index is 1660. The largest absolute Gasteiger partial charge is 0.399 e. The van der Waals surface area contributed by atoms with Crippen LogP contribution in [0.15, 0.2) is 60.7 Å². The van der Waals surface area contributed by atoms with Crippen LogP contribution in [0.25, 0.3) is 32.9 Å². The van der Waals surface area contributed by atoms with Crippen molar-refractivity contribution in [3.8, 4) is 11.3 Å². The molecular weight excluding hydrogens is 588 g/mol. The lowest BCUT2D eigenvalue weighted by Crippen LogP contribution is -2.60. The smallest absolute Gasteiger partial charge is 0.157 e. The average molecular weight is 625 g/mol. The zero-order valence-electron chi connectivity index (χ0n) is 23.9. The second-order valence-corrected chi connectivity index (χ2v) is 11.4. The van der Waals surface area contributed by atoms with E-state index in [9.17, 15) is 40.9 Å². The Morgan fingerprint density at radius 1 is 0.600 bits per heavy atom. The fourth-order valence-electron chi connectivity index (χ4n) is 5.82. The van der Waals surface area contributed by atoms with Crippen molar-refractivity contribution in [2.24, 2.45) is 0 Å². The van der Waals surface area contributed by atoms with Gasteiger partial charge in [-0.05, 0) is 41.8 Å². The third kappa shape index (κ3) is 5.89. The highest BCUT2D eigenvalue weighted by molar-refractivity contribution is 6.12. The van der Waals surface area contributed by atoms with Crippen LogP contribution in [0.4, 0.5) is 17.1 Å². The van der Waals surface area contributed by atoms with Crippen LogP contribution in [0.3, 0.4) is 0 Å². The van der Waals surface area contributed by atoms with Crippen molar-refractivity contribution in [1.29, 1.82) is 0 Å². The van der Waals surface area contributed by atoms with Crippen molar-refractivity contribution in [3.05, 3.63) is 60.7 Å². The summed E-state index contributed by atoms with van der Waals surface area (Å²) >= 11 is 0. The summed E-state index contributed by atoms with van der Waals surface area (Å²) in [6, 6.07) is 17.9. The van der Waals surface area contributed by atoms with E-state index in [0.717, 1.165) is 21.7 Å². The minimum absolute atomic E-state index is 0.503.